The Kier molecular flexibility index (Phi) is 3.79. The van der Waals surface area contributed by atoms with E-state index in [1.807, 2.05) is 17.5 Å². The molecule has 5 nitrogen and oxygen atoms in total. The van der Waals surface area contributed by atoms with Gasteiger partial charge in [-0.25, -0.2) is 13.2 Å². The highest BCUT2D eigenvalue weighted by Crippen LogP contribution is 2.34. The Balaban J connectivity index is 1.74. The van der Waals surface area contributed by atoms with E-state index in [4.69, 9.17) is 4.42 Å². The average molecular weight is 361 g/mol. The van der Waals surface area contributed by atoms with E-state index in [-0.39, 0.29) is 10.9 Å². The van der Waals surface area contributed by atoms with Gasteiger partial charge in [0.25, 0.3) is 0 Å². The second-order valence-electron chi connectivity index (χ2n) is 5.81. The zero-order valence-corrected chi connectivity index (χ0v) is 14.3. The van der Waals surface area contributed by atoms with Crippen molar-refractivity contribution in [3.05, 3.63) is 63.1 Å². The predicted molar refractivity (Wildman–Crippen MR) is 92.6 cm³/mol. The summed E-state index contributed by atoms with van der Waals surface area (Å²) < 4.78 is 32.8. The third-order valence-electron chi connectivity index (χ3n) is 4.04. The van der Waals surface area contributed by atoms with E-state index in [0.29, 0.717) is 17.5 Å². The number of fused-ring (bicyclic) bond motifs is 1. The SMILES string of the molecule is O=c1ccc2cc(S(=O)(=O)N(Cc3cccs3)C3CC3)ccc2o1. The van der Waals surface area contributed by atoms with Crippen molar-refractivity contribution in [2.75, 3.05) is 0 Å². The molecule has 2 heterocycles. The maximum atomic E-state index is 13.1. The van der Waals surface area contributed by atoms with Crippen molar-refractivity contribution in [3.63, 3.8) is 0 Å². The molecule has 1 aliphatic rings. The van der Waals surface area contributed by atoms with Gasteiger partial charge in [0, 0.05) is 28.9 Å². The molecule has 1 saturated carbocycles. The molecule has 0 N–H and O–H groups in total. The Hall–Kier alpha value is -1.96. The molecule has 0 atom stereocenters. The van der Waals surface area contributed by atoms with E-state index in [1.54, 1.807) is 33.8 Å². The fourth-order valence-corrected chi connectivity index (χ4v) is 5.16. The van der Waals surface area contributed by atoms with Crippen LogP contribution in [-0.4, -0.2) is 18.8 Å². The zero-order chi connectivity index (χ0) is 16.7. The first-order valence-electron chi connectivity index (χ1n) is 7.62. The highest BCUT2D eigenvalue weighted by atomic mass is 32.2. The molecule has 3 aromatic rings. The van der Waals surface area contributed by atoms with Crippen LogP contribution in [-0.2, 0) is 16.6 Å². The maximum Gasteiger partial charge on any atom is 0.336 e. The summed E-state index contributed by atoms with van der Waals surface area (Å²) in [5, 5.41) is 2.55. The van der Waals surface area contributed by atoms with Gasteiger partial charge in [-0.05, 0) is 48.6 Å². The molecule has 2 aromatic heterocycles. The molecule has 1 fully saturated rings. The van der Waals surface area contributed by atoms with Crippen molar-refractivity contribution in [1.29, 1.82) is 0 Å². The van der Waals surface area contributed by atoms with Crippen LogP contribution in [0.1, 0.15) is 17.7 Å². The Morgan fingerprint density at radius 1 is 1.17 bits per heavy atom. The fourth-order valence-electron chi connectivity index (χ4n) is 2.67. The van der Waals surface area contributed by atoms with Crippen LogP contribution in [0.4, 0.5) is 0 Å². The number of hydrogen-bond donors (Lipinski definition) is 0. The minimum absolute atomic E-state index is 0.0708. The van der Waals surface area contributed by atoms with Gasteiger partial charge in [-0.1, -0.05) is 6.07 Å². The van der Waals surface area contributed by atoms with Gasteiger partial charge in [0.1, 0.15) is 5.58 Å². The summed E-state index contributed by atoms with van der Waals surface area (Å²) in [5.41, 5.74) is -0.0620. The lowest BCUT2D eigenvalue weighted by Crippen LogP contribution is -2.32. The van der Waals surface area contributed by atoms with Crippen LogP contribution >= 0.6 is 11.3 Å². The van der Waals surface area contributed by atoms with E-state index < -0.39 is 15.6 Å². The molecule has 24 heavy (non-hydrogen) atoms. The molecular weight excluding hydrogens is 346 g/mol. The number of nitrogens with zero attached hydrogens (tertiary/aromatic N) is 1. The summed E-state index contributed by atoms with van der Waals surface area (Å²) in [7, 11) is -3.60. The van der Waals surface area contributed by atoms with Gasteiger partial charge in [0.2, 0.25) is 10.0 Å². The Labute approximate surface area is 143 Å². The molecule has 124 valence electrons. The third-order valence-corrected chi connectivity index (χ3v) is 6.80. The number of hydrogen-bond acceptors (Lipinski definition) is 5. The molecule has 1 aromatic carbocycles. The minimum Gasteiger partial charge on any atom is -0.423 e. The van der Waals surface area contributed by atoms with Crippen LogP contribution in [0.25, 0.3) is 11.0 Å². The summed E-state index contributed by atoms with van der Waals surface area (Å²) in [6.07, 6.45) is 1.79. The second-order valence-corrected chi connectivity index (χ2v) is 8.74. The molecule has 0 spiro atoms. The number of benzene rings is 1. The van der Waals surface area contributed by atoms with E-state index in [9.17, 15) is 13.2 Å². The van der Waals surface area contributed by atoms with Crippen molar-refractivity contribution in [2.24, 2.45) is 0 Å². The molecule has 1 aliphatic carbocycles. The highest BCUT2D eigenvalue weighted by Gasteiger charge is 2.38. The van der Waals surface area contributed by atoms with E-state index >= 15 is 0 Å². The van der Waals surface area contributed by atoms with Gasteiger partial charge < -0.3 is 4.42 Å². The average Bonchev–Trinajstić information content (AvgIpc) is 3.27. The molecule has 7 heteroatoms. The van der Waals surface area contributed by atoms with Crippen LogP contribution in [0.2, 0.25) is 0 Å². The standard InChI is InChI=1S/C17H15NO4S2/c19-17-8-3-12-10-15(6-7-16(12)22-17)24(20,21)18(13-4-5-13)11-14-2-1-9-23-14/h1-3,6-10,13H,4-5,11H2. The monoisotopic (exact) mass is 361 g/mol. The number of sulfonamides is 1. The summed E-state index contributed by atoms with van der Waals surface area (Å²) in [4.78, 5) is 12.5. The maximum absolute atomic E-state index is 13.1. The lowest BCUT2D eigenvalue weighted by molar-refractivity contribution is 0.401. The van der Waals surface area contributed by atoms with Gasteiger partial charge in [-0.3, -0.25) is 0 Å². The molecule has 0 bridgehead atoms. The summed E-state index contributed by atoms with van der Waals surface area (Å²) in [6, 6.07) is 11.4. The Bertz CT molecular complexity index is 1030. The molecule has 0 saturated heterocycles. The second kappa shape index (κ2) is 5.84. The van der Waals surface area contributed by atoms with Crippen molar-refractivity contribution >= 4 is 32.3 Å². The topological polar surface area (TPSA) is 67.6 Å². The summed E-state index contributed by atoms with van der Waals surface area (Å²) >= 11 is 1.56. The summed E-state index contributed by atoms with van der Waals surface area (Å²) in [5.74, 6) is 0. The van der Waals surface area contributed by atoms with E-state index in [2.05, 4.69) is 0 Å². The lowest BCUT2D eigenvalue weighted by Gasteiger charge is -2.21. The van der Waals surface area contributed by atoms with E-state index in [1.165, 1.54) is 12.1 Å². The van der Waals surface area contributed by atoms with Gasteiger partial charge in [-0.15, -0.1) is 11.3 Å². The summed E-state index contributed by atoms with van der Waals surface area (Å²) in [6.45, 7) is 0.395. The normalized spacial score (nSPS) is 15.2. The van der Waals surface area contributed by atoms with Gasteiger partial charge in [-0.2, -0.15) is 4.31 Å². The Morgan fingerprint density at radius 2 is 2.00 bits per heavy atom. The smallest absolute Gasteiger partial charge is 0.336 e. The van der Waals surface area contributed by atoms with Crippen LogP contribution in [0.15, 0.2) is 62.0 Å². The lowest BCUT2D eigenvalue weighted by atomic mass is 10.2. The number of thiophene rings is 1. The van der Waals surface area contributed by atoms with Crippen LogP contribution in [0.3, 0.4) is 0 Å². The molecule has 0 unspecified atom stereocenters. The molecule has 4 rings (SSSR count). The largest absolute Gasteiger partial charge is 0.423 e. The molecule has 0 amide bonds. The molecular formula is C17H15NO4S2. The van der Waals surface area contributed by atoms with Crippen molar-refractivity contribution in [2.45, 2.75) is 30.3 Å². The number of rotatable bonds is 5. The first-order valence-corrected chi connectivity index (χ1v) is 9.94. The zero-order valence-electron chi connectivity index (χ0n) is 12.7. The predicted octanol–water partition coefficient (Wildman–Crippen LogP) is 3.21. The van der Waals surface area contributed by atoms with Gasteiger partial charge >= 0.3 is 5.63 Å². The first kappa shape index (κ1) is 15.6. The molecule has 0 radical (unpaired) electrons. The quantitative estimate of drug-likeness (QED) is 0.655. The van der Waals surface area contributed by atoms with Crippen LogP contribution < -0.4 is 5.63 Å². The highest BCUT2D eigenvalue weighted by molar-refractivity contribution is 7.89. The Morgan fingerprint density at radius 3 is 2.71 bits per heavy atom. The van der Waals surface area contributed by atoms with Crippen molar-refractivity contribution in [1.82, 2.24) is 4.31 Å². The van der Waals surface area contributed by atoms with Crippen LogP contribution in [0.5, 0.6) is 0 Å². The van der Waals surface area contributed by atoms with Crippen LogP contribution in [0, 0.1) is 0 Å². The van der Waals surface area contributed by atoms with E-state index in [0.717, 1.165) is 17.7 Å². The fraction of sp³-hybridized carbons (Fsp3) is 0.235. The first-order chi connectivity index (χ1) is 11.5. The van der Waals surface area contributed by atoms with Gasteiger partial charge in [0.05, 0.1) is 4.90 Å². The third kappa shape index (κ3) is 2.90. The minimum atomic E-state index is -3.60. The molecule has 0 aliphatic heterocycles. The van der Waals surface area contributed by atoms with Crippen molar-refractivity contribution in [3.8, 4) is 0 Å². The van der Waals surface area contributed by atoms with Gasteiger partial charge in [0.15, 0.2) is 0 Å². The van der Waals surface area contributed by atoms with Crippen molar-refractivity contribution < 1.29 is 12.8 Å².